The predicted octanol–water partition coefficient (Wildman–Crippen LogP) is 0.973. The van der Waals surface area contributed by atoms with Gasteiger partial charge in [0.2, 0.25) is 0 Å². The number of allylic oxidation sites excluding steroid dienone is 2. The number of amides is 2. The summed E-state index contributed by atoms with van der Waals surface area (Å²) in [7, 11) is 0. The van der Waals surface area contributed by atoms with E-state index in [0.717, 1.165) is 6.54 Å². The van der Waals surface area contributed by atoms with Gasteiger partial charge in [-0.3, -0.25) is 0 Å². The molecule has 3 N–H and O–H groups in total. The normalized spacial score (nSPS) is 38.6. The number of urea groups is 1. The molecule has 0 spiro atoms. The number of nitrogens with zero attached hydrogens (tertiary/aromatic N) is 1. The van der Waals surface area contributed by atoms with Crippen LogP contribution in [0, 0.1) is 23.7 Å². The molecule has 5 nitrogen and oxygen atoms in total. The number of aliphatic hydroxyl groups is 2. The minimum Gasteiger partial charge on any atom is -0.396 e. The Hall–Kier alpha value is -1.07. The maximum absolute atomic E-state index is 12.2. The number of piperidine rings is 1. The van der Waals surface area contributed by atoms with Crippen LogP contribution in [0.15, 0.2) is 12.2 Å². The Morgan fingerprint density at radius 2 is 2.10 bits per heavy atom. The molecule has 0 radical (unpaired) electrons. The van der Waals surface area contributed by atoms with Gasteiger partial charge in [0.15, 0.2) is 0 Å². The largest absolute Gasteiger partial charge is 0.396 e. The second-order valence-electron chi connectivity index (χ2n) is 6.81. The first-order valence-electron chi connectivity index (χ1n) is 8.17. The van der Waals surface area contributed by atoms with Gasteiger partial charge in [-0.2, -0.15) is 0 Å². The van der Waals surface area contributed by atoms with Crippen LogP contribution in [-0.2, 0) is 0 Å². The third-order valence-corrected chi connectivity index (χ3v) is 5.44. The Labute approximate surface area is 126 Å². The molecule has 5 heteroatoms. The average molecular weight is 294 g/mol. The van der Waals surface area contributed by atoms with Crippen LogP contribution in [0.2, 0.25) is 0 Å². The Kier molecular flexibility index (Phi) is 4.50. The molecule has 21 heavy (non-hydrogen) atoms. The van der Waals surface area contributed by atoms with Crippen molar-refractivity contribution in [2.24, 2.45) is 23.7 Å². The van der Waals surface area contributed by atoms with Crippen LogP contribution < -0.4 is 5.32 Å². The zero-order valence-corrected chi connectivity index (χ0v) is 12.4. The van der Waals surface area contributed by atoms with Crippen LogP contribution in [-0.4, -0.2) is 53.5 Å². The first-order valence-corrected chi connectivity index (χ1v) is 8.17. The summed E-state index contributed by atoms with van der Waals surface area (Å²) >= 11 is 0. The van der Waals surface area contributed by atoms with Crippen molar-refractivity contribution in [3.05, 3.63) is 12.2 Å². The molecule has 118 valence electrons. The van der Waals surface area contributed by atoms with Gasteiger partial charge in [-0.1, -0.05) is 12.2 Å². The fraction of sp³-hybridized carbons (Fsp3) is 0.812. The van der Waals surface area contributed by atoms with Crippen molar-refractivity contribution >= 4 is 6.03 Å². The molecular weight excluding hydrogens is 268 g/mol. The lowest BCUT2D eigenvalue weighted by molar-refractivity contribution is 0.0121. The average Bonchev–Trinajstić information content (AvgIpc) is 2.54. The van der Waals surface area contributed by atoms with Gasteiger partial charge in [0.1, 0.15) is 0 Å². The van der Waals surface area contributed by atoms with E-state index in [4.69, 9.17) is 0 Å². The van der Waals surface area contributed by atoms with Crippen molar-refractivity contribution in [1.29, 1.82) is 0 Å². The molecule has 0 aromatic carbocycles. The highest BCUT2D eigenvalue weighted by Gasteiger charge is 2.33. The smallest absolute Gasteiger partial charge is 0.317 e. The Morgan fingerprint density at radius 1 is 1.24 bits per heavy atom. The molecule has 0 aromatic heterocycles. The number of likely N-dealkylation sites (tertiary alicyclic amines) is 1. The lowest BCUT2D eigenvalue weighted by Gasteiger charge is -2.39. The monoisotopic (exact) mass is 294 g/mol. The van der Waals surface area contributed by atoms with Crippen molar-refractivity contribution in [3.63, 3.8) is 0 Å². The molecule has 4 rings (SSSR count). The molecule has 2 fully saturated rings. The van der Waals surface area contributed by atoms with Crippen molar-refractivity contribution in [2.75, 3.05) is 26.2 Å². The van der Waals surface area contributed by atoms with Gasteiger partial charge in [-0.25, -0.2) is 4.79 Å². The number of hydrogen-bond donors (Lipinski definition) is 3. The molecule has 0 aromatic rings. The van der Waals surface area contributed by atoms with Gasteiger partial charge in [0.25, 0.3) is 0 Å². The number of hydrogen-bond acceptors (Lipinski definition) is 3. The van der Waals surface area contributed by atoms with Crippen LogP contribution in [0.5, 0.6) is 0 Å². The van der Waals surface area contributed by atoms with Gasteiger partial charge in [-0.05, 0) is 43.4 Å². The van der Waals surface area contributed by atoms with Crippen LogP contribution in [0.4, 0.5) is 4.79 Å². The fourth-order valence-electron chi connectivity index (χ4n) is 4.00. The highest BCUT2D eigenvalue weighted by molar-refractivity contribution is 5.74. The highest BCUT2D eigenvalue weighted by atomic mass is 16.3. The first kappa shape index (κ1) is 14.9. The molecule has 1 saturated carbocycles. The summed E-state index contributed by atoms with van der Waals surface area (Å²) in [6, 6.07) is -0.0502. The van der Waals surface area contributed by atoms with Gasteiger partial charge < -0.3 is 20.4 Å². The van der Waals surface area contributed by atoms with E-state index in [-0.39, 0.29) is 18.6 Å². The number of aliphatic hydroxyl groups excluding tert-OH is 2. The number of nitrogens with one attached hydrogen (secondary N) is 1. The summed E-state index contributed by atoms with van der Waals surface area (Å²) in [5.74, 6) is 1.70. The minimum atomic E-state index is -0.488. The van der Waals surface area contributed by atoms with Crippen molar-refractivity contribution in [1.82, 2.24) is 10.2 Å². The van der Waals surface area contributed by atoms with Crippen LogP contribution >= 0.6 is 0 Å². The summed E-state index contributed by atoms with van der Waals surface area (Å²) in [5, 5.41) is 22.0. The molecule has 1 saturated heterocycles. The van der Waals surface area contributed by atoms with Gasteiger partial charge in [0, 0.05) is 25.6 Å². The maximum Gasteiger partial charge on any atom is 0.317 e. The highest BCUT2D eigenvalue weighted by Crippen LogP contribution is 2.39. The molecule has 3 aliphatic carbocycles. The molecular formula is C16H26N2O3. The number of carbonyl (C=O) groups excluding carboxylic acids is 1. The van der Waals surface area contributed by atoms with Gasteiger partial charge >= 0.3 is 6.03 Å². The lowest BCUT2D eigenvalue weighted by Crippen LogP contribution is -2.51. The second-order valence-corrected chi connectivity index (χ2v) is 6.81. The predicted molar refractivity (Wildman–Crippen MR) is 79.6 cm³/mol. The zero-order valence-electron chi connectivity index (χ0n) is 12.4. The number of fused-ring (bicyclic) bond motifs is 2. The second kappa shape index (κ2) is 6.36. The molecule has 1 heterocycles. The van der Waals surface area contributed by atoms with E-state index in [9.17, 15) is 15.0 Å². The van der Waals surface area contributed by atoms with E-state index < -0.39 is 6.10 Å². The Morgan fingerprint density at radius 3 is 2.71 bits per heavy atom. The van der Waals surface area contributed by atoms with Crippen LogP contribution in [0.25, 0.3) is 0 Å². The van der Waals surface area contributed by atoms with Crippen molar-refractivity contribution < 1.29 is 15.0 Å². The molecule has 5 atom stereocenters. The molecule has 5 unspecified atom stereocenters. The summed E-state index contributed by atoms with van der Waals surface area (Å²) in [6.07, 6.45) is 8.48. The fourth-order valence-corrected chi connectivity index (χ4v) is 4.00. The number of carbonyl (C=O) groups is 1. The maximum atomic E-state index is 12.2. The Balaban J connectivity index is 1.47. The molecule has 4 aliphatic rings. The van der Waals surface area contributed by atoms with E-state index in [1.165, 1.54) is 19.3 Å². The molecule has 1 aliphatic heterocycles. The summed E-state index contributed by atoms with van der Waals surface area (Å²) < 4.78 is 0. The first-order chi connectivity index (χ1) is 10.2. The third-order valence-electron chi connectivity index (χ3n) is 5.44. The molecule has 2 bridgehead atoms. The van der Waals surface area contributed by atoms with E-state index in [2.05, 4.69) is 17.5 Å². The van der Waals surface area contributed by atoms with Gasteiger partial charge in [0.05, 0.1) is 12.7 Å². The third kappa shape index (κ3) is 3.24. The zero-order chi connectivity index (χ0) is 14.8. The lowest BCUT2D eigenvalue weighted by atomic mass is 9.69. The standard InChI is InChI=1S/C16H26N2O3/c19-10-14-9-18(6-5-15(14)20)16(21)17-8-13-7-11-1-3-12(13)4-2-11/h1,3,11-15,19-20H,2,4-10H2,(H,17,21). The summed E-state index contributed by atoms with van der Waals surface area (Å²) in [6.45, 7) is 1.69. The quantitative estimate of drug-likeness (QED) is 0.679. The van der Waals surface area contributed by atoms with E-state index in [1.807, 2.05) is 0 Å². The summed E-state index contributed by atoms with van der Waals surface area (Å²) in [4.78, 5) is 14.0. The van der Waals surface area contributed by atoms with Crippen LogP contribution in [0.3, 0.4) is 0 Å². The Bertz CT molecular complexity index is 412. The van der Waals surface area contributed by atoms with E-state index >= 15 is 0 Å². The SMILES string of the molecule is O=C(NCC1CC2C=CC1CC2)N1CCC(O)C(CO)C1. The van der Waals surface area contributed by atoms with E-state index in [1.54, 1.807) is 4.90 Å². The minimum absolute atomic E-state index is 0.0502. The summed E-state index contributed by atoms with van der Waals surface area (Å²) in [5.41, 5.74) is 0. The topological polar surface area (TPSA) is 72.8 Å². The number of rotatable bonds is 3. The van der Waals surface area contributed by atoms with Crippen molar-refractivity contribution in [3.8, 4) is 0 Å². The van der Waals surface area contributed by atoms with Crippen molar-refractivity contribution in [2.45, 2.75) is 31.8 Å². The van der Waals surface area contributed by atoms with Crippen LogP contribution in [0.1, 0.15) is 25.7 Å². The van der Waals surface area contributed by atoms with Gasteiger partial charge in [-0.15, -0.1) is 0 Å². The van der Waals surface area contributed by atoms with E-state index in [0.29, 0.717) is 37.3 Å². The molecule has 2 amide bonds.